The minimum Gasteiger partial charge on any atom is -0.399 e. The zero-order valence-corrected chi connectivity index (χ0v) is 12.5. The van der Waals surface area contributed by atoms with Gasteiger partial charge in [-0.2, -0.15) is 0 Å². The van der Waals surface area contributed by atoms with Gasteiger partial charge in [-0.15, -0.1) is 0 Å². The van der Waals surface area contributed by atoms with Crippen molar-refractivity contribution in [1.29, 1.82) is 0 Å². The molecule has 0 aliphatic rings. The van der Waals surface area contributed by atoms with E-state index in [2.05, 4.69) is 9.71 Å². The molecule has 0 saturated heterocycles. The zero-order valence-electron chi connectivity index (χ0n) is 11.7. The van der Waals surface area contributed by atoms with Crippen molar-refractivity contribution in [3.05, 3.63) is 41.3 Å². The highest BCUT2D eigenvalue weighted by Gasteiger charge is 2.18. The molecular weight excluding hydrogens is 276 g/mol. The third-order valence-electron chi connectivity index (χ3n) is 3.30. The summed E-state index contributed by atoms with van der Waals surface area (Å²) in [5.41, 5.74) is 8.18. The lowest BCUT2D eigenvalue weighted by Crippen LogP contribution is -2.24. The number of aromatic nitrogens is 2. The third-order valence-corrected chi connectivity index (χ3v) is 4.57. The molecule has 20 heavy (non-hydrogen) atoms. The summed E-state index contributed by atoms with van der Waals surface area (Å²) >= 11 is 0. The summed E-state index contributed by atoms with van der Waals surface area (Å²) in [6.45, 7) is 3.81. The summed E-state index contributed by atoms with van der Waals surface area (Å²) in [7, 11) is -1.86. The van der Waals surface area contributed by atoms with Crippen LogP contribution in [0.3, 0.4) is 0 Å². The number of nitrogen functional groups attached to an aromatic ring is 1. The number of hydrogen-bond acceptors (Lipinski definition) is 4. The Hall–Kier alpha value is -1.86. The van der Waals surface area contributed by atoms with E-state index < -0.39 is 10.0 Å². The van der Waals surface area contributed by atoms with Gasteiger partial charge in [-0.3, -0.25) is 0 Å². The second-order valence-corrected chi connectivity index (χ2v) is 6.41. The van der Waals surface area contributed by atoms with Crippen LogP contribution in [0.1, 0.15) is 17.0 Å². The predicted octanol–water partition coefficient (Wildman–Crippen LogP) is 1.10. The van der Waals surface area contributed by atoms with Crippen LogP contribution in [0.15, 0.2) is 29.4 Å². The van der Waals surface area contributed by atoms with Gasteiger partial charge < -0.3 is 10.3 Å². The van der Waals surface area contributed by atoms with E-state index in [0.29, 0.717) is 11.5 Å². The molecule has 0 aliphatic heterocycles. The number of sulfonamides is 1. The molecule has 0 aliphatic carbocycles. The van der Waals surface area contributed by atoms with Gasteiger partial charge in [0.1, 0.15) is 5.82 Å². The van der Waals surface area contributed by atoms with Gasteiger partial charge in [0.15, 0.2) is 5.03 Å². The van der Waals surface area contributed by atoms with Crippen LogP contribution < -0.4 is 10.5 Å². The maximum absolute atomic E-state index is 12.1. The summed E-state index contributed by atoms with van der Waals surface area (Å²) in [4.78, 5) is 4.02. The maximum atomic E-state index is 12.1. The summed E-state index contributed by atoms with van der Waals surface area (Å²) < 4.78 is 28.5. The minimum atomic E-state index is -3.61. The SMILES string of the molecule is Cc1c(N)cccc1CNS(=O)(=O)c1cn(C)c(C)n1. The molecule has 0 spiro atoms. The summed E-state index contributed by atoms with van der Waals surface area (Å²) in [5, 5.41) is 0.0269. The molecule has 0 saturated carbocycles. The van der Waals surface area contributed by atoms with Crippen LogP contribution in [0, 0.1) is 13.8 Å². The van der Waals surface area contributed by atoms with E-state index in [1.807, 2.05) is 13.0 Å². The first kappa shape index (κ1) is 14.5. The Kier molecular flexibility index (Phi) is 3.82. The average molecular weight is 294 g/mol. The first-order valence-corrected chi connectivity index (χ1v) is 7.63. The van der Waals surface area contributed by atoms with E-state index in [0.717, 1.165) is 11.1 Å². The topological polar surface area (TPSA) is 90.0 Å². The van der Waals surface area contributed by atoms with Crippen LogP contribution in [0.4, 0.5) is 5.69 Å². The van der Waals surface area contributed by atoms with Crippen molar-refractivity contribution in [2.24, 2.45) is 7.05 Å². The smallest absolute Gasteiger partial charge is 0.259 e. The van der Waals surface area contributed by atoms with E-state index in [1.54, 1.807) is 30.7 Å². The van der Waals surface area contributed by atoms with Gasteiger partial charge in [-0.25, -0.2) is 18.1 Å². The molecule has 2 aromatic rings. The lowest BCUT2D eigenvalue weighted by atomic mass is 10.1. The van der Waals surface area contributed by atoms with E-state index in [-0.39, 0.29) is 11.6 Å². The van der Waals surface area contributed by atoms with Crippen LogP contribution >= 0.6 is 0 Å². The third kappa shape index (κ3) is 2.83. The van der Waals surface area contributed by atoms with E-state index in [4.69, 9.17) is 5.73 Å². The monoisotopic (exact) mass is 294 g/mol. The van der Waals surface area contributed by atoms with Crippen LogP contribution in [0.5, 0.6) is 0 Å². The van der Waals surface area contributed by atoms with Crippen LogP contribution in [-0.2, 0) is 23.6 Å². The fraction of sp³-hybridized carbons (Fsp3) is 0.308. The van der Waals surface area contributed by atoms with Crippen LogP contribution in [-0.4, -0.2) is 18.0 Å². The molecule has 0 amide bonds. The number of nitrogens with two attached hydrogens (primary N) is 1. The molecule has 1 aromatic heterocycles. The molecule has 3 N–H and O–H groups in total. The standard InChI is InChI=1S/C13H18N4O2S/c1-9-11(5-4-6-12(9)14)7-15-20(18,19)13-8-17(3)10(2)16-13/h4-6,8,15H,7,14H2,1-3H3. The van der Waals surface area contributed by atoms with Crippen molar-refractivity contribution in [3.63, 3.8) is 0 Å². The van der Waals surface area contributed by atoms with Crippen LogP contribution in [0.2, 0.25) is 0 Å². The average Bonchev–Trinajstić information content (AvgIpc) is 2.72. The second-order valence-electron chi connectivity index (χ2n) is 4.69. The quantitative estimate of drug-likeness (QED) is 0.826. The highest BCUT2D eigenvalue weighted by atomic mass is 32.2. The van der Waals surface area contributed by atoms with E-state index in [1.165, 1.54) is 6.20 Å². The number of anilines is 1. The van der Waals surface area contributed by atoms with Gasteiger partial charge in [0.2, 0.25) is 0 Å². The first-order valence-electron chi connectivity index (χ1n) is 6.15. The fourth-order valence-electron chi connectivity index (χ4n) is 1.80. The normalized spacial score (nSPS) is 11.8. The number of benzene rings is 1. The zero-order chi connectivity index (χ0) is 14.9. The summed E-state index contributed by atoms with van der Waals surface area (Å²) in [6.07, 6.45) is 1.49. The van der Waals surface area contributed by atoms with Crippen molar-refractivity contribution in [2.45, 2.75) is 25.4 Å². The van der Waals surface area contributed by atoms with Crippen molar-refractivity contribution in [3.8, 4) is 0 Å². The van der Waals surface area contributed by atoms with Crippen molar-refractivity contribution in [2.75, 3.05) is 5.73 Å². The van der Waals surface area contributed by atoms with Gasteiger partial charge in [-0.05, 0) is 31.0 Å². The van der Waals surface area contributed by atoms with Crippen LogP contribution in [0.25, 0.3) is 0 Å². The number of hydrogen-bond donors (Lipinski definition) is 2. The fourth-order valence-corrected chi connectivity index (χ4v) is 2.84. The highest BCUT2D eigenvalue weighted by molar-refractivity contribution is 7.89. The van der Waals surface area contributed by atoms with Crippen molar-refractivity contribution < 1.29 is 8.42 Å². The molecule has 7 heteroatoms. The molecule has 0 unspecified atom stereocenters. The highest BCUT2D eigenvalue weighted by Crippen LogP contribution is 2.16. The van der Waals surface area contributed by atoms with Gasteiger partial charge in [-0.1, -0.05) is 12.1 Å². The largest absolute Gasteiger partial charge is 0.399 e. The Bertz CT molecular complexity index is 715. The first-order chi connectivity index (χ1) is 9.31. The molecule has 6 nitrogen and oxygen atoms in total. The molecule has 0 fully saturated rings. The lowest BCUT2D eigenvalue weighted by Gasteiger charge is -2.09. The summed E-state index contributed by atoms with van der Waals surface area (Å²) in [5.74, 6) is 0.644. The van der Waals surface area contributed by atoms with Gasteiger partial charge in [0, 0.05) is 25.5 Å². The minimum absolute atomic E-state index is 0.0269. The Balaban J connectivity index is 2.19. The Morgan fingerprint density at radius 3 is 2.65 bits per heavy atom. The van der Waals surface area contributed by atoms with Crippen molar-refractivity contribution in [1.82, 2.24) is 14.3 Å². The molecular formula is C13H18N4O2S. The number of imidazole rings is 1. The van der Waals surface area contributed by atoms with Gasteiger partial charge in [0.05, 0.1) is 0 Å². The molecule has 1 aromatic carbocycles. The summed E-state index contributed by atoms with van der Waals surface area (Å²) in [6, 6.07) is 5.43. The van der Waals surface area contributed by atoms with Crippen molar-refractivity contribution >= 4 is 15.7 Å². The molecule has 108 valence electrons. The number of aryl methyl sites for hydroxylation is 2. The van der Waals surface area contributed by atoms with E-state index in [9.17, 15) is 8.42 Å². The maximum Gasteiger partial charge on any atom is 0.259 e. The Labute approximate surface area is 118 Å². The molecule has 0 bridgehead atoms. The Morgan fingerprint density at radius 1 is 1.35 bits per heavy atom. The molecule has 2 rings (SSSR count). The van der Waals surface area contributed by atoms with Gasteiger partial charge >= 0.3 is 0 Å². The number of nitrogens with zero attached hydrogens (tertiary/aromatic N) is 2. The number of nitrogens with one attached hydrogen (secondary N) is 1. The molecule has 1 heterocycles. The molecule has 0 atom stereocenters. The number of rotatable bonds is 4. The lowest BCUT2D eigenvalue weighted by molar-refractivity contribution is 0.577. The van der Waals surface area contributed by atoms with E-state index >= 15 is 0 Å². The van der Waals surface area contributed by atoms with Gasteiger partial charge in [0.25, 0.3) is 10.0 Å². The second kappa shape index (κ2) is 5.26. The Morgan fingerprint density at radius 2 is 2.05 bits per heavy atom. The molecule has 0 radical (unpaired) electrons. The predicted molar refractivity (Wildman–Crippen MR) is 77.6 cm³/mol.